The fourth-order valence-electron chi connectivity index (χ4n) is 2.77. The standard InChI is InChI=1S/C15H23IN4O/c1-4-19(5-2)12-8-9-20(10-12)15(21)18-14-7-6-13(16)11(3)17-14/h6-7,12H,4-5,8-10H2,1-3H3,(H,17,18,21)/t12-/m1/s1. The molecule has 5 nitrogen and oxygen atoms in total. The molecule has 1 fully saturated rings. The highest BCUT2D eigenvalue weighted by Crippen LogP contribution is 2.17. The van der Waals surface area contributed by atoms with E-state index in [1.54, 1.807) is 0 Å². The molecule has 2 heterocycles. The minimum atomic E-state index is -0.0437. The molecule has 0 spiro atoms. The Kier molecular flexibility index (Phi) is 5.80. The maximum Gasteiger partial charge on any atom is 0.323 e. The van der Waals surface area contributed by atoms with Gasteiger partial charge in [0.25, 0.3) is 0 Å². The van der Waals surface area contributed by atoms with Gasteiger partial charge in [-0.05, 0) is 61.2 Å². The maximum atomic E-state index is 12.3. The fourth-order valence-corrected chi connectivity index (χ4v) is 3.07. The zero-order valence-electron chi connectivity index (χ0n) is 12.9. The molecular weight excluding hydrogens is 379 g/mol. The van der Waals surface area contributed by atoms with Gasteiger partial charge in [-0.2, -0.15) is 0 Å². The number of rotatable bonds is 4. The van der Waals surface area contributed by atoms with Gasteiger partial charge in [0.15, 0.2) is 0 Å². The van der Waals surface area contributed by atoms with E-state index in [1.807, 2.05) is 24.0 Å². The number of pyridine rings is 1. The van der Waals surface area contributed by atoms with Crippen LogP contribution in [0.1, 0.15) is 26.0 Å². The second-order valence-corrected chi connectivity index (χ2v) is 6.47. The molecule has 0 unspecified atom stereocenters. The summed E-state index contributed by atoms with van der Waals surface area (Å²) in [6, 6.07) is 4.26. The molecule has 6 heteroatoms. The summed E-state index contributed by atoms with van der Waals surface area (Å²) in [7, 11) is 0. The molecule has 0 saturated carbocycles. The van der Waals surface area contributed by atoms with Crippen molar-refractivity contribution in [3.8, 4) is 0 Å². The molecule has 0 radical (unpaired) electrons. The minimum absolute atomic E-state index is 0.0437. The number of hydrogen-bond acceptors (Lipinski definition) is 3. The second kappa shape index (κ2) is 7.40. The van der Waals surface area contributed by atoms with Crippen molar-refractivity contribution in [2.75, 3.05) is 31.5 Å². The van der Waals surface area contributed by atoms with Gasteiger partial charge >= 0.3 is 6.03 Å². The summed E-state index contributed by atoms with van der Waals surface area (Å²) in [5.74, 6) is 0.629. The van der Waals surface area contributed by atoms with Crippen molar-refractivity contribution in [3.63, 3.8) is 0 Å². The Labute approximate surface area is 140 Å². The van der Waals surface area contributed by atoms with E-state index in [0.717, 1.165) is 41.9 Å². The van der Waals surface area contributed by atoms with Gasteiger partial charge in [0.1, 0.15) is 5.82 Å². The molecule has 0 bridgehead atoms. The molecular formula is C15H23IN4O. The largest absolute Gasteiger partial charge is 0.323 e. The van der Waals surface area contributed by atoms with Gasteiger partial charge in [-0.15, -0.1) is 0 Å². The SMILES string of the molecule is CCN(CC)[C@@H]1CCN(C(=O)Nc2ccc(I)c(C)n2)C1. The van der Waals surface area contributed by atoms with Crippen LogP contribution in [0.3, 0.4) is 0 Å². The van der Waals surface area contributed by atoms with Crippen molar-refractivity contribution in [2.24, 2.45) is 0 Å². The Balaban J connectivity index is 1.94. The Morgan fingerprint density at radius 2 is 2.19 bits per heavy atom. The molecule has 1 aromatic heterocycles. The molecule has 2 amide bonds. The predicted octanol–water partition coefficient (Wildman–Crippen LogP) is 2.94. The monoisotopic (exact) mass is 402 g/mol. The fraction of sp³-hybridized carbons (Fsp3) is 0.600. The van der Waals surface area contributed by atoms with Crippen LogP contribution in [0.25, 0.3) is 0 Å². The van der Waals surface area contributed by atoms with Crippen molar-refractivity contribution in [2.45, 2.75) is 33.2 Å². The molecule has 1 saturated heterocycles. The number of hydrogen-bond donors (Lipinski definition) is 1. The Bertz CT molecular complexity index is 504. The third kappa shape index (κ3) is 4.06. The maximum absolute atomic E-state index is 12.3. The highest BCUT2D eigenvalue weighted by Gasteiger charge is 2.29. The average molecular weight is 402 g/mol. The third-order valence-corrected chi connectivity index (χ3v) is 5.18. The van der Waals surface area contributed by atoms with E-state index in [1.165, 1.54) is 0 Å². The van der Waals surface area contributed by atoms with E-state index < -0.39 is 0 Å². The van der Waals surface area contributed by atoms with Gasteiger partial charge < -0.3 is 4.90 Å². The first-order chi connectivity index (χ1) is 10.0. The lowest BCUT2D eigenvalue weighted by Gasteiger charge is -2.26. The van der Waals surface area contributed by atoms with E-state index in [0.29, 0.717) is 11.9 Å². The van der Waals surface area contributed by atoms with Gasteiger partial charge in [0, 0.05) is 22.7 Å². The number of aromatic nitrogens is 1. The summed E-state index contributed by atoms with van der Waals surface area (Å²) in [5.41, 5.74) is 0.941. The number of carbonyl (C=O) groups excluding carboxylic acids is 1. The second-order valence-electron chi connectivity index (χ2n) is 5.30. The van der Waals surface area contributed by atoms with E-state index >= 15 is 0 Å². The molecule has 1 aliphatic heterocycles. The summed E-state index contributed by atoms with van der Waals surface area (Å²) in [6.45, 7) is 9.98. The van der Waals surface area contributed by atoms with Gasteiger partial charge in [0.05, 0.1) is 5.69 Å². The molecule has 1 aromatic rings. The van der Waals surface area contributed by atoms with Crippen LogP contribution in [0.4, 0.5) is 10.6 Å². The number of halogens is 1. The van der Waals surface area contributed by atoms with Crippen LogP contribution in [0.5, 0.6) is 0 Å². The molecule has 1 N–H and O–H groups in total. The number of anilines is 1. The first-order valence-corrected chi connectivity index (χ1v) is 8.56. The lowest BCUT2D eigenvalue weighted by atomic mass is 10.2. The molecule has 0 aromatic carbocycles. The molecule has 116 valence electrons. The summed E-state index contributed by atoms with van der Waals surface area (Å²) < 4.78 is 1.10. The number of carbonyl (C=O) groups is 1. The van der Waals surface area contributed by atoms with Crippen molar-refractivity contribution < 1.29 is 4.79 Å². The number of likely N-dealkylation sites (N-methyl/N-ethyl adjacent to an activating group) is 1. The Morgan fingerprint density at radius 3 is 2.81 bits per heavy atom. The Hall–Kier alpha value is -0.890. The summed E-state index contributed by atoms with van der Waals surface area (Å²) in [4.78, 5) is 21.0. The number of nitrogens with zero attached hydrogens (tertiary/aromatic N) is 3. The van der Waals surface area contributed by atoms with Crippen LogP contribution in [0.2, 0.25) is 0 Å². The van der Waals surface area contributed by atoms with E-state index in [-0.39, 0.29) is 6.03 Å². The normalized spacial score (nSPS) is 18.3. The smallest absolute Gasteiger partial charge is 0.323 e. The Morgan fingerprint density at radius 1 is 1.48 bits per heavy atom. The topological polar surface area (TPSA) is 48.5 Å². The van der Waals surface area contributed by atoms with Gasteiger partial charge in [0.2, 0.25) is 0 Å². The predicted molar refractivity (Wildman–Crippen MR) is 93.6 cm³/mol. The zero-order chi connectivity index (χ0) is 15.4. The van der Waals surface area contributed by atoms with E-state index in [4.69, 9.17) is 0 Å². The third-order valence-electron chi connectivity index (χ3n) is 4.04. The minimum Gasteiger partial charge on any atom is -0.323 e. The van der Waals surface area contributed by atoms with Crippen LogP contribution >= 0.6 is 22.6 Å². The molecule has 1 atom stereocenters. The lowest BCUT2D eigenvalue weighted by Crippen LogP contribution is -2.39. The van der Waals surface area contributed by atoms with Gasteiger partial charge in [-0.25, -0.2) is 9.78 Å². The van der Waals surface area contributed by atoms with E-state index in [2.05, 4.69) is 51.6 Å². The molecule has 2 rings (SSSR count). The number of likely N-dealkylation sites (tertiary alicyclic amines) is 1. The summed E-state index contributed by atoms with van der Waals surface area (Å²) >= 11 is 2.24. The number of urea groups is 1. The number of aryl methyl sites for hydroxylation is 1. The number of amides is 2. The molecule has 0 aliphatic carbocycles. The zero-order valence-corrected chi connectivity index (χ0v) is 15.1. The van der Waals surface area contributed by atoms with Crippen molar-refractivity contribution >= 4 is 34.4 Å². The van der Waals surface area contributed by atoms with Crippen LogP contribution in [-0.2, 0) is 0 Å². The van der Waals surface area contributed by atoms with Crippen LogP contribution in [0, 0.1) is 10.5 Å². The van der Waals surface area contributed by atoms with Gasteiger partial charge in [-0.1, -0.05) is 13.8 Å². The molecule has 1 aliphatic rings. The van der Waals surface area contributed by atoms with Gasteiger partial charge in [-0.3, -0.25) is 10.2 Å². The van der Waals surface area contributed by atoms with Crippen LogP contribution < -0.4 is 5.32 Å². The highest BCUT2D eigenvalue weighted by atomic mass is 127. The lowest BCUT2D eigenvalue weighted by molar-refractivity contribution is 0.202. The quantitative estimate of drug-likeness (QED) is 0.788. The van der Waals surface area contributed by atoms with Crippen molar-refractivity contribution in [1.82, 2.24) is 14.8 Å². The average Bonchev–Trinajstić information content (AvgIpc) is 2.94. The van der Waals surface area contributed by atoms with Crippen molar-refractivity contribution in [3.05, 3.63) is 21.4 Å². The van der Waals surface area contributed by atoms with Crippen LogP contribution in [-0.4, -0.2) is 53.0 Å². The van der Waals surface area contributed by atoms with Crippen LogP contribution in [0.15, 0.2) is 12.1 Å². The number of nitrogens with one attached hydrogen (secondary N) is 1. The first-order valence-electron chi connectivity index (χ1n) is 7.48. The molecule has 21 heavy (non-hydrogen) atoms. The first kappa shape index (κ1) is 16.5. The highest BCUT2D eigenvalue weighted by molar-refractivity contribution is 14.1. The summed E-state index contributed by atoms with van der Waals surface area (Å²) in [6.07, 6.45) is 1.05. The van der Waals surface area contributed by atoms with Crippen molar-refractivity contribution in [1.29, 1.82) is 0 Å². The van der Waals surface area contributed by atoms with E-state index in [9.17, 15) is 4.79 Å². The summed E-state index contributed by atoms with van der Waals surface area (Å²) in [5, 5.41) is 2.90.